The average molecular weight is 389 g/mol. The van der Waals surface area contributed by atoms with Crippen molar-refractivity contribution in [2.24, 2.45) is 0 Å². The molecule has 0 radical (unpaired) electrons. The molecule has 3 amide bonds. The molecule has 3 heterocycles. The lowest BCUT2D eigenvalue weighted by molar-refractivity contribution is -0.127. The summed E-state index contributed by atoms with van der Waals surface area (Å²) in [5, 5.41) is 1.87. The number of nitrogens with one attached hydrogen (secondary N) is 2. The highest BCUT2D eigenvalue weighted by molar-refractivity contribution is 8.00. The van der Waals surface area contributed by atoms with Crippen LogP contribution in [0.1, 0.15) is 10.4 Å². The number of carbonyl (C=O) groups excluding carboxylic acids is 3. The summed E-state index contributed by atoms with van der Waals surface area (Å²) in [6.07, 6.45) is 3.01. The number of Topliss-reactive ketones (excluding diaryl/α,β-unsaturated/α-hetero) is 1. The van der Waals surface area contributed by atoms with Crippen LogP contribution in [-0.4, -0.2) is 63.1 Å². The Morgan fingerprint density at radius 1 is 1.07 bits per heavy atom. The molecule has 0 unspecified atom stereocenters. The Morgan fingerprint density at radius 2 is 1.81 bits per heavy atom. The molecule has 1 fully saturated rings. The van der Waals surface area contributed by atoms with E-state index in [1.807, 2.05) is 0 Å². The normalized spacial score (nSPS) is 16.7. The number of fused-ring (bicyclic) bond motifs is 1. The summed E-state index contributed by atoms with van der Waals surface area (Å²) in [6, 6.07) is 4.22. The zero-order chi connectivity index (χ0) is 19.0. The second kappa shape index (κ2) is 6.95. The Hall–Kier alpha value is -3.01. The molecule has 10 heteroatoms. The summed E-state index contributed by atoms with van der Waals surface area (Å²) in [6.45, 7) is 1.12. The first-order valence-electron chi connectivity index (χ1n) is 8.32. The standard InChI is InChI=1S/C17H16FN5O3S/c18-12-2-1-3-13-14(12)11(10-19-13)15(24)16(25)21-5-7-22(8-6-21)17(26)23-20-4-9-27-23/h1-4,9-10,19-20H,5-8H2. The molecule has 0 saturated carbocycles. The van der Waals surface area contributed by atoms with E-state index in [-0.39, 0.29) is 30.1 Å². The number of hydrogen-bond acceptors (Lipinski definition) is 5. The van der Waals surface area contributed by atoms with Crippen molar-refractivity contribution in [3.8, 4) is 0 Å². The molecule has 1 aromatic carbocycles. The molecule has 4 rings (SSSR count). The predicted molar refractivity (Wildman–Crippen MR) is 97.8 cm³/mol. The Bertz CT molecular complexity index is 943. The van der Waals surface area contributed by atoms with Gasteiger partial charge in [0.25, 0.3) is 11.7 Å². The smallest absolute Gasteiger partial charge is 0.349 e. The highest BCUT2D eigenvalue weighted by Crippen LogP contribution is 2.23. The van der Waals surface area contributed by atoms with E-state index in [0.717, 1.165) is 0 Å². The number of hydrogen-bond donors (Lipinski definition) is 2. The molecule has 0 bridgehead atoms. The van der Waals surface area contributed by atoms with Crippen molar-refractivity contribution in [2.45, 2.75) is 0 Å². The van der Waals surface area contributed by atoms with Crippen molar-refractivity contribution in [1.82, 2.24) is 24.6 Å². The number of carbonyl (C=O) groups is 3. The van der Waals surface area contributed by atoms with Crippen LogP contribution in [0.3, 0.4) is 0 Å². The number of nitrogens with zero attached hydrogens (tertiary/aromatic N) is 3. The van der Waals surface area contributed by atoms with Crippen molar-refractivity contribution in [2.75, 3.05) is 26.2 Å². The Labute approximate surface area is 158 Å². The van der Waals surface area contributed by atoms with E-state index in [9.17, 15) is 18.8 Å². The topological polar surface area (TPSA) is 88.8 Å². The first-order chi connectivity index (χ1) is 13.1. The van der Waals surface area contributed by atoms with Gasteiger partial charge in [0.05, 0.1) is 5.56 Å². The zero-order valence-corrected chi connectivity index (χ0v) is 15.0. The molecule has 1 saturated heterocycles. The Morgan fingerprint density at radius 3 is 2.52 bits per heavy atom. The minimum Gasteiger partial charge on any atom is -0.360 e. The van der Waals surface area contributed by atoms with E-state index in [1.165, 1.54) is 39.6 Å². The van der Waals surface area contributed by atoms with Crippen LogP contribution in [0, 0.1) is 5.82 Å². The van der Waals surface area contributed by atoms with Crippen LogP contribution in [0.4, 0.5) is 9.18 Å². The highest BCUT2D eigenvalue weighted by atomic mass is 32.2. The third kappa shape index (κ3) is 3.12. The van der Waals surface area contributed by atoms with E-state index in [4.69, 9.17) is 0 Å². The second-order valence-corrected chi connectivity index (χ2v) is 6.94. The van der Waals surface area contributed by atoms with Gasteiger partial charge in [0.2, 0.25) is 0 Å². The number of aromatic nitrogens is 1. The number of benzene rings is 1. The fourth-order valence-electron chi connectivity index (χ4n) is 3.13. The summed E-state index contributed by atoms with van der Waals surface area (Å²) in [7, 11) is 0. The van der Waals surface area contributed by atoms with Crippen molar-refractivity contribution in [3.05, 3.63) is 47.4 Å². The molecule has 2 aliphatic rings. The third-order valence-corrected chi connectivity index (χ3v) is 5.26. The number of urea groups is 1. The molecular formula is C17H16FN5O3S. The van der Waals surface area contributed by atoms with Gasteiger partial charge in [0, 0.05) is 66.8 Å². The number of H-pyrrole nitrogens is 1. The molecular weight excluding hydrogens is 373 g/mol. The first-order valence-corrected chi connectivity index (χ1v) is 9.16. The van der Waals surface area contributed by atoms with Crippen LogP contribution in [0.5, 0.6) is 0 Å². The van der Waals surface area contributed by atoms with E-state index in [0.29, 0.717) is 18.6 Å². The van der Waals surface area contributed by atoms with Crippen molar-refractivity contribution < 1.29 is 18.8 Å². The van der Waals surface area contributed by atoms with Crippen molar-refractivity contribution in [1.29, 1.82) is 0 Å². The predicted octanol–water partition coefficient (Wildman–Crippen LogP) is 1.69. The lowest BCUT2D eigenvalue weighted by Crippen LogP contribution is -2.55. The van der Waals surface area contributed by atoms with Gasteiger partial charge < -0.3 is 14.8 Å². The van der Waals surface area contributed by atoms with E-state index >= 15 is 0 Å². The van der Waals surface area contributed by atoms with Gasteiger partial charge in [-0.2, -0.15) is 4.41 Å². The fraction of sp³-hybridized carbons (Fsp3) is 0.235. The SMILES string of the molecule is O=C(C(=O)N1CCN(C(=O)N2NC=CS2)CC1)c1c[nH]c2cccc(F)c12. The number of hydrazine groups is 1. The van der Waals surface area contributed by atoms with E-state index in [1.54, 1.807) is 22.6 Å². The van der Waals surface area contributed by atoms with Gasteiger partial charge in [-0.15, -0.1) is 0 Å². The molecule has 0 spiro atoms. The Balaban J connectivity index is 1.43. The maximum absolute atomic E-state index is 14.1. The summed E-state index contributed by atoms with van der Waals surface area (Å²) in [5.74, 6) is -2.00. The zero-order valence-electron chi connectivity index (χ0n) is 14.1. The van der Waals surface area contributed by atoms with Gasteiger partial charge in [-0.1, -0.05) is 6.07 Å². The molecule has 2 aromatic rings. The van der Waals surface area contributed by atoms with Crippen LogP contribution in [0.15, 0.2) is 36.0 Å². The molecule has 0 aliphatic carbocycles. The monoisotopic (exact) mass is 389 g/mol. The molecule has 140 valence electrons. The van der Waals surface area contributed by atoms with E-state index < -0.39 is 17.5 Å². The molecule has 2 aliphatic heterocycles. The number of rotatable bonds is 2. The average Bonchev–Trinajstić information content (AvgIpc) is 3.37. The van der Waals surface area contributed by atoms with Gasteiger partial charge >= 0.3 is 6.03 Å². The largest absolute Gasteiger partial charge is 0.360 e. The quantitative estimate of drug-likeness (QED) is 0.464. The maximum atomic E-state index is 14.1. The Kier molecular flexibility index (Phi) is 4.48. The van der Waals surface area contributed by atoms with Crippen molar-refractivity contribution in [3.63, 3.8) is 0 Å². The number of ketones is 1. The molecule has 0 atom stereocenters. The van der Waals surface area contributed by atoms with Gasteiger partial charge in [-0.05, 0) is 12.1 Å². The van der Waals surface area contributed by atoms with Gasteiger partial charge in [-0.3, -0.25) is 15.0 Å². The number of piperazine rings is 1. The summed E-state index contributed by atoms with van der Waals surface area (Å²) in [4.78, 5) is 43.3. The van der Waals surface area contributed by atoms with Crippen LogP contribution < -0.4 is 5.43 Å². The summed E-state index contributed by atoms with van der Waals surface area (Å²) in [5.41, 5.74) is 3.28. The molecule has 1 aromatic heterocycles. The third-order valence-electron chi connectivity index (χ3n) is 4.53. The maximum Gasteiger partial charge on any atom is 0.349 e. The van der Waals surface area contributed by atoms with Crippen LogP contribution in [0.2, 0.25) is 0 Å². The second-order valence-electron chi connectivity index (χ2n) is 6.09. The lowest BCUT2D eigenvalue weighted by Gasteiger charge is -2.35. The first kappa shape index (κ1) is 17.4. The van der Waals surface area contributed by atoms with Gasteiger partial charge in [0.1, 0.15) is 5.82 Å². The molecule has 8 nitrogen and oxygen atoms in total. The number of halogens is 1. The van der Waals surface area contributed by atoms with Crippen LogP contribution in [-0.2, 0) is 4.79 Å². The summed E-state index contributed by atoms with van der Waals surface area (Å²) >= 11 is 1.23. The fourth-order valence-corrected chi connectivity index (χ4v) is 3.70. The van der Waals surface area contributed by atoms with Gasteiger partial charge in [0.15, 0.2) is 0 Å². The van der Waals surface area contributed by atoms with Crippen molar-refractivity contribution >= 4 is 40.6 Å². The number of amides is 3. The van der Waals surface area contributed by atoms with Crippen LogP contribution in [0.25, 0.3) is 10.9 Å². The minimum atomic E-state index is -0.757. The van der Waals surface area contributed by atoms with Crippen LogP contribution >= 0.6 is 11.9 Å². The van der Waals surface area contributed by atoms with E-state index in [2.05, 4.69) is 10.4 Å². The highest BCUT2D eigenvalue weighted by Gasteiger charge is 2.32. The molecule has 2 N–H and O–H groups in total. The number of aromatic amines is 1. The lowest BCUT2D eigenvalue weighted by atomic mass is 10.1. The van der Waals surface area contributed by atoms with Gasteiger partial charge in [-0.25, -0.2) is 9.18 Å². The molecule has 27 heavy (non-hydrogen) atoms. The summed E-state index contributed by atoms with van der Waals surface area (Å²) < 4.78 is 15.5. The minimum absolute atomic E-state index is 0.0235.